The molecule has 2 aromatic rings. The van der Waals surface area contributed by atoms with Crippen molar-refractivity contribution in [2.75, 3.05) is 6.54 Å². The molecule has 3 N–H and O–H groups in total. The van der Waals surface area contributed by atoms with E-state index in [9.17, 15) is 14.4 Å². The maximum Gasteiger partial charge on any atom is 0.238 e. The first-order chi connectivity index (χ1) is 11.6. The summed E-state index contributed by atoms with van der Waals surface area (Å²) in [5.41, 5.74) is 5.16. The molecule has 0 aromatic carbocycles. The summed E-state index contributed by atoms with van der Waals surface area (Å²) in [7, 11) is 0. The Hall–Kier alpha value is -2.97. The van der Waals surface area contributed by atoms with Crippen LogP contribution in [0.1, 0.15) is 32.0 Å². The molecule has 2 heterocycles. The Bertz CT molecular complexity index is 727. The second-order valence-corrected chi connectivity index (χ2v) is 5.23. The lowest BCUT2D eigenvalue weighted by atomic mass is 10.2. The van der Waals surface area contributed by atoms with Crippen molar-refractivity contribution in [1.82, 2.24) is 30.8 Å². The van der Waals surface area contributed by atoms with Crippen LogP contribution >= 0.6 is 0 Å². The molecule has 0 atom stereocenters. The quantitative estimate of drug-likeness (QED) is 0.476. The molecule has 0 saturated heterocycles. The number of aryl methyl sites for hydroxylation is 1. The number of hydrogen-bond donors (Lipinski definition) is 3. The van der Waals surface area contributed by atoms with E-state index in [2.05, 4.69) is 26.4 Å². The molecule has 0 spiro atoms. The summed E-state index contributed by atoms with van der Waals surface area (Å²) in [6.07, 6.45) is 3.39. The largest absolute Gasteiger partial charge is 0.356 e. The second kappa shape index (κ2) is 8.61. The predicted octanol–water partition coefficient (Wildman–Crippen LogP) is -0.274. The van der Waals surface area contributed by atoms with E-state index >= 15 is 0 Å². The van der Waals surface area contributed by atoms with E-state index in [0.29, 0.717) is 13.0 Å². The fraction of sp³-hybridized carbons (Fsp3) is 0.400. The third-order valence-corrected chi connectivity index (χ3v) is 3.24. The average molecular weight is 332 g/mol. The van der Waals surface area contributed by atoms with Crippen LogP contribution in [0.25, 0.3) is 5.65 Å². The number of carbonyl (C=O) groups excluding carboxylic acids is 3. The van der Waals surface area contributed by atoms with Crippen molar-refractivity contribution < 1.29 is 14.4 Å². The normalized spacial score (nSPS) is 10.4. The van der Waals surface area contributed by atoms with E-state index in [0.717, 1.165) is 17.9 Å². The molecule has 0 aliphatic heterocycles. The Kier molecular flexibility index (Phi) is 6.23. The lowest BCUT2D eigenvalue weighted by Gasteiger charge is -2.06. The molecule has 2 rings (SSSR count). The number of hydrazine groups is 1. The third kappa shape index (κ3) is 5.34. The molecular formula is C15H20N6O3. The van der Waals surface area contributed by atoms with E-state index in [1.807, 2.05) is 28.8 Å². The van der Waals surface area contributed by atoms with Gasteiger partial charge in [-0.1, -0.05) is 6.07 Å². The van der Waals surface area contributed by atoms with Crippen molar-refractivity contribution in [3.05, 3.63) is 30.2 Å². The highest BCUT2D eigenvalue weighted by Crippen LogP contribution is 2.04. The fourth-order valence-corrected chi connectivity index (χ4v) is 2.07. The number of aromatic nitrogens is 3. The number of rotatable bonds is 7. The molecular weight excluding hydrogens is 312 g/mol. The molecule has 0 saturated carbocycles. The van der Waals surface area contributed by atoms with Crippen LogP contribution in [0, 0.1) is 0 Å². The highest BCUT2D eigenvalue weighted by molar-refractivity contribution is 5.85. The zero-order chi connectivity index (χ0) is 17.4. The molecule has 9 nitrogen and oxygen atoms in total. The van der Waals surface area contributed by atoms with Crippen LogP contribution in [0.3, 0.4) is 0 Å². The number of pyridine rings is 1. The number of nitrogens with zero attached hydrogens (tertiary/aromatic N) is 3. The zero-order valence-electron chi connectivity index (χ0n) is 13.4. The van der Waals surface area contributed by atoms with Gasteiger partial charge in [-0.2, -0.15) is 0 Å². The minimum atomic E-state index is -0.407. The topological polar surface area (TPSA) is 117 Å². The first-order valence-corrected chi connectivity index (χ1v) is 7.67. The molecule has 3 amide bonds. The Labute approximate surface area is 138 Å². The van der Waals surface area contributed by atoms with E-state index in [1.165, 1.54) is 6.92 Å². The van der Waals surface area contributed by atoms with Crippen LogP contribution in [0.4, 0.5) is 0 Å². The minimum Gasteiger partial charge on any atom is -0.356 e. The summed E-state index contributed by atoms with van der Waals surface area (Å²) < 4.78 is 1.91. The first-order valence-electron chi connectivity index (χ1n) is 7.67. The number of hydrogen-bond acceptors (Lipinski definition) is 5. The van der Waals surface area contributed by atoms with Gasteiger partial charge in [0.25, 0.3) is 0 Å². The maximum absolute atomic E-state index is 11.6. The molecule has 0 fully saturated rings. The summed E-state index contributed by atoms with van der Waals surface area (Å²) in [4.78, 5) is 33.6. The van der Waals surface area contributed by atoms with Crippen LogP contribution in [-0.2, 0) is 20.8 Å². The van der Waals surface area contributed by atoms with Crippen LogP contribution in [0.2, 0.25) is 0 Å². The van der Waals surface area contributed by atoms with Gasteiger partial charge in [0.2, 0.25) is 17.7 Å². The fourth-order valence-electron chi connectivity index (χ4n) is 2.07. The lowest BCUT2D eigenvalue weighted by Crippen LogP contribution is -2.40. The average Bonchev–Trinajstić information content (AvgIpc) is 2.98. The van der Waals surface area contributed by atoms with Gasteiger partial charge in [0, 0.05) is 38.9 Å². The maximum atomic E-state index is 11.6. The number of nitrogens with one attached hydrogen (secondary N) is 3. The highest BCUT2D eigenvalue weighted by atomic mass is 16.2. The van der Waals surface area contributed by atoms with Crippen LogP contribution < -0.4 is 16.2 Å². The Morgan fingerprint density at radius 3 is 2.67 bits per heavy atom. The molecule has 24 heavy (non-hydrogen) atoms. The van der Waals surface area contributed by atoms with Crippen molar-refractivity contribution >= 4 is 23.4 Å². The summed E-state index contributed by atoms with van der Waals surface area (Å²) in [6.45, 7) is 1.78. The monoisotopic (exact) mass is 332 g/mol. The van der Waals surface area contributed by atoms with Gasteiger partial charge in [0.15, 0.2) is 5.65 Å². The van der Waals surface area contributed by atoms with Gasteiger partial charge in [-0.15, -0.1) is 10.2 Å². The van der Waals surface area contributed by atoms with E-state index in [-0.39, 0.29) is 24.7 Å². The van der Waals surface area contributed by atoms with Crippen LogP contribution in [0.5, 0.6) is 0 Å². The van der Waals surface area contributed by atoms with E-state index in [1.54, 1.807) is 0 Å². The molecule has 128 valence electrons. The van der Waals surface area contributed by atoms with Crippen molar-refractivity contribution in [3.63, 3.8) is 0 Å². The Balaban J connectivity index is 1.62. The van der Waals surface area contributed by atoms with Crippen molar-refractivity contribution in [2.24, 2.45) is 0 Å². The summed E-state index contributed by atoms with van der Waals surface area (Å²) in [5.74, 6) is -0.141. The zero-order valence-corrected chi connectivity index (χ0v) is 13.4. The molecule has 0 bridgehead atoms. The van der Waals surface area contributed by atoms with Crippen molar-refractivity contribution in [2.45, 2.75) is 32.6 Å². The van der Waals surface area contributed by atoms with E-state index < -0.39 is 5.91 Å². The second-order valence-electron chi connectivity index (χ2n) is 5.23. The first kappa shape index (κ1) is 17.4. The standard InChI is InChI=1S/C15H20N6O3/c1-11(22)17-20-15(24)8-7-14(23)16-9-4-6-13-19-18-12-5-2-3-10-21(12)13/h2-3,5,10H,4,6-9H2,1H3,(H,16,23)(H,17,22)(H,20,24). The molecule has 0 aliphatic carbocycles. The van der Waals surface area contributed by atoms with Gasteiger partial charge in [-0.05, 0) is 18.6 Å². The summed E-state index contributed by atoms with van der Waals surface area (Å²) in [6, 6.07) is 5.69. The molecule has 0 radical (unpaired) electrons. The number of carbonyl (C=O) groups is 3. The van der Waals surface area contributed by atoms with Crippen molar-refractivity contribution in [1.29, 1.82) is 0 Å². The Morgan fingerprint density at radius 1 is 1.08 bits per heavy atom. The van der Waals surface area contributed by atoms with Crippen LogP contribution in [0.15, 0.2) is 24.4 Å². The van der Waals surface area contributed by atoms with Gasteiger partial charge < -0.3 is 5.32 Å². The Morgan fingerprint density at radius 2 is 1.88 bits per heavy atom. The molecule has 9 heteroatoms. The minimum absolute atomic E-state index is 0.0148. The molecule has 2 aromatic heterocycles. The summed E-state index contributed by atoms with van der Waals surface area (Å²) >= 11 is 0. The smallest absolute Gasteiger partial charge is 0.238 e. The van der Waals surface area contributed by atoms with Gasteiger partial charge >= 0.3 is 0 Å². The van der Waals surface area contributed by atoms with Crippen molar-refractivity contribution in [3.8, 4) is 0 Å². The van der Waals surface area contributed by atoms with Gasteiger partial charge in [0.05, 0.1) is 0 Å². The van der Waals surface area contributed by atoms with E-state index in [4.69, 9.17) is 0 Å². The summed E-state index contributed by atoms with van der Waals surface area (Å²) in [5, 5.41) is 10.9. The number of amides is 3. The lowest BCUT2D eigenvalue weighted by molar-refractivity contribution is -0.129. The number of fused-ring (bicyclic) bond motifs is 1. The van der Waals surface area contributed by atoms with Crippen LogP contribution in [-0.4, -0.2) is 38.9 Å². The van der Waals surface area contributed by atoms with Gasteiger partial charge in [0.1, 0.15) is 5.82 Å². The predicted molar refractivity (Wildman–Crippen MR) is 85.5 cm³/mol. The van der Waals surface area contributed by atoms with Gasteiger partial charge in [-0.3, -0.25) is 29.6 Å². The third-order valence-electron chi connectivity index (χ3n) is 3.24. The SMILES string of the molecule is CC(=O)NNC(=O)CCC(=O)NCCCc1nnc2ccccn12. The van der Waals surface area contributed by atoms with Gasteiger partial charge in [-0.25, -0.2) is 0 Å². The highest BCUT2D eigenvalue weighted by Gasteiger charge is 2.08. The molecule has 0 aliphatic rings. The molecule has 0 unspecified atom stereocenters.